The topological polar surface area (TPSA) is 15.3 Å². The van der Waals surface area contributed by atoms with E-state index >= 15 is 0 Å². The van der Waals surface area contributed by atoms with Crippen molar-refractivity contribution in [2.75, 3.05) is 19.6 Å². The zero-order chi connectivity index (χ0) is 11.5. The Morgan fingerprint density at radius 3 is 2.56 bits per heavy atom. The van der Waals surface area contributed by atoms with Crippen LogP contribution >= 0.6 is 0 Å². The Balaban J connectivity index is 1.74. The van der Waals surface area contributed by atoms with E-state index in [1.807, 2.05) is 0 Å². The number of hydrogen-bond donors (Lipinski definition) is 1. The molecule has 16 heavy (non-hydrogen) atoms. The van der Waals surface area contributed by atoms with E-state index in [-0.39, 0.29) is 0 Å². The molecule has 0 spiro atoms. The third kappa shape index (κ3) is 2.78. The lowest BCUT2D eigenvalue weighted by atomic mass is 9.78. The number of rotatable bonds is 5. The molecule has 1 saturated heterocycles. The Kier molecular flexibility index (Phi) is 4.26. The molecule has 0 radical (unpaired) electrons. The molecule has 0 amide bonds. The minimum absolute atomic E-state index is 0.642. The van der Waals surface area contributed by atoms with Crippen molar-refractivity contribution in [3.05, 3.63) is 0 Å². The molecule has 0 aromatic heterocycles. The minimum Gasteiger partial charge on any atom is -0.314 e. The molecular weight excluding hydrogens is 196 g/mol. The predicted molar refractivity (Wildman–Crippen MR) is 69.6 cm³/mol. The third-order valence-corrected chi connectivity index (χ3v) is 4.53. The molecule has 1 N–H and O–H groups in total. The first kappa shape index (κ1) is 12.4. The Hall–Kier alpha value is -0.0800. The lowest BCUT2D eigenvalue weighted by Gasteiger charge is -2.43. The van der Waals surface area contributed by atoms with Gasteiger partial charge in [0, 0.05) is 18.6 Å². The maximum absolute atomic E-state index is 3.60. The summed E-state index contributed by atoms with van der Waals surface area (Å²) >= 11 is 0. The van der Waals surface area contributed by atoms with E-state index in [1.165, 1.54) is 45.3 Å². The number of nitrogens with zero attached hydrogens (tertiary/aromatic N) is 1. The Morgan fingerprint density at radius 1 is 1.25 bits per heavy atom. The van der Waals surface area contributed by atoms with E-state index in [9.17, 15) is 0 Å². The highest BCUT2D eigenvalue weighted by Crippen LogP contribution is 2.35. The van der Waals surface area contributed by atoms with Gasteiger partial charge in [0.25, 0.3) is 0 Å². The number of likely N-dealkylation sites (tertiary alicyclic amines) is 1. The van der Waals surface area contributed by atoms with Gasteiger partial charge in [-0.25, -0.2) is 0 Å². The van der Waals surface area contributed by atoms with E-state index in [0.29, 0.717) is 6.04 Å². The van der Waals surface area contributed by atoms with Crippen molar-refractivity contribution in [1.82, 2.24) is 10.2 Å². The van der Waals surface area contributed by atoms with Crippen molar-refractivity contribution < 1.29 is 0 Å². The highest BCUT2D eigenvalue weighted by atomic mass is 15.2. The molecule has 1 saturated carbocycles. The van der Waals surface area contributed by atoms with Gasteiger partial charge in [-0.1, -0.05) is 27.2 Å². The maximum atomic E-state index is 3.60. The molecule has 2 aliphatic rings. The molecule has 2 nitrogen and oxygen atoms in total. The average Bonchev–Trinajstić information content (AvgIpc) is 2.64. The summed E-state index contributed by atoms with van der Waals surface area (Å²) in [6, 6.07) is 1.55. The van der Waals surface area contributed by atoms with E-state index in [2.05, 4.69) is 31.0 Å². The van der Waals surface area contributed by atoms with Crippen LogP contribution in [0.25, 0.3) is 0 Å². The van der Waals surface area contributed by atoms with Crippen molar-refractivity contribution in [2.45, 2.75) is 58.5 Å². The van der Waals surface area contributed by atoms with E-state index < -0.39 is 0 Å². The molecule has 0 aromatic rings. The molecule has 0 bridgehead atoms. The van der Waals surface area contributed by atoms with Crippen molar-refractivity contribution in [2.24, 2.45) is 11.8 Å². The summed E-state index contributed by atoms with van der Waals surface area (Å²) in [4.78, 5) is 2.77. The van der Waals surface area contributed by atoms with Crippen molar-refractivity contribution in [3.8, 4) is 0 Å². The lowest BCUT2D eigenvalue weighted by molar-refractivity contribution is 0.0776. The zero-order valence-electron chi connectivity index (χ0n) is 11.2. The largest absolute Gasteiger partial charge is 0.314 e. The first-order chi connectivity index (χ1) is 7.70. The summed E-state index contributed by atoms with van der Waals surface area (Å²) in [5.74, 6) is 1.91. The van der Waals surface area contributed by atoms with E-state index in [0.717, 1.165) is 17.9 Å². The fraction of sp³-hybridized carbons (Fsp3) is 1.00. The number of nitrogens with one attached hydrogen (secondary N) is 1. The summed E-state index contributed by atoms with van der Waals surface area (Å²) in [7, 11) is 0. The van der Waals surface area contributed by atoms with Crippen molar-refractivity contribution in [1.29, 1.82) is 0 Å². The summed E-state index contributed by atoms with van der Waals surface area (Å²) in [5, 5.41) is 3.60. The summed E-state index contributed by atoms with van der Waals surface area (Å²) in [5.41, 5.74) is 0. The zero-order valence-corrected chi connectivity index (χ0v) is 11.2. The first-order valence-electron chi connectivity index (χ1n) is 7.18. The third-order valence-electron chi connectivity index (χ3n) is 4.53. The molecule has 1 heterocycles. The minimum atomic E-state index is 0.642. The maximum Gasteiger partial charge on any atom is 0.0136 e. The highest BCUT2D eigenvalue weighted by Gasteiger charge is 2.37. The molecule has 1 aliphatic carbocycles. The van der Waals surface area contributed by atoms with Gasteiger partial charge >= 0.3 is 0 Å². The Labute approximate surface area is 101 Å². The van der Waals surface area contributed by atoms with E-state index in [1.54, 1.807) is 0 Å². The molecular formula is C14H28N2. The number of hydrogen-bond acceptors (Lipinski definition) is 2. The summed E-state index contributed by atoms with van der Waals surface area (Å²) in [6.07, 6.45) is 5.70. The monoisotopic (exact) mass is 224 g/mol. The highest BCUT2D eigenvalue weighted by molar-refractivity contribution is 4.93. The second kappa shape index (κ2) is 5.50. The van der Waals surface area contributed by atoms with Gasteiger partial charge in [0.2, 0.25) is 0 Å². The van der Waals surface area contributed by atoms with Gasteiger partial charge in [-0.3, -0.25) is 4.90 Å². The van der Waals surface area contributed by atoms with Gasteiger partial charge < -0.3 is 5.32 Å². The summed E-state index contributed by atoms with van der Waals surface area (Å²) < 4.78 is 0. The molecule has 94 valence electrons. The van der Waals surface area contributed by atoms with Crippen LogP contribution in [0.1, 0.15) is 46.5 Å². The molecule has 3 atom stereocenters. The smallest absolute Gasteiger partial charge is 0.0136 e. The second-order valence-electron chi connectivity index (χ2n) is 6.03. The van der Waals surface area contributed by atoms with Gasteiger partial charge in [-0.05, 0) is 44.2 Å². The normalized spacial score (nSPS) is 35.6. The first-order valence-corrected chi connectivity index (χ1v) is 7.18. The van der Waals surface area contributed by atoms with Gasteiger partial charge in [-0.2, -0.15) is 0 Å². The molecule has 2 heteroatoms. The fourth-order valence-electron chi connectivity index (χ4n) is 3.15. The predicted octanol–water partition coefficient (Wildman–Crippen LogP) is 2.49. The SMILES string of the molecule is CCC1CCN(C2CCC2CNC(C)C)C1. The van der Waals surface area contributed by atoms with Crippen LogP contribution < -0.4 is 5.32 Å². The van der Waals surface area contributed by atoms with Crippen molar-refractivity contribution >= 4 is 0 Å². The molecule has 0 aromatic carbocycles. The van der Waals surface area contributed by atoms with E-state index in [4.69, 9.17) is 0 Å². The van der Waals surface area contributed by atoms with Crippen LogP contribution in [0.4, 0.5) is 0 Å². The van der Waals surface area contributed by atoms with Crippen LogP contribution in [0, 0.1) is 11.8 Å². The van der Waals surface area contributed by atoms with Gasteiger partial charge in [-0.15, -0.1) is 0 Å². The van der Waals surface area contributed by atoms with Gasteiger partial charge in [0.15, 0.2) is 0 Å². The fourth-order valence-corrected chi connectivity index (χ4v) is 3.15. The van der Waals surface area contributed by atoms with Crippen LogP contribution in [0.3, 0.4) is 0 Å². The van der Waals surface area contributed by atoms with Crippen molar-refractivity contribution in [3.63, 3.8) is 0 Å². The molecule has 1 aliphatic heterocycles. The van der Waals surface area contributed by atoms with Gasteiger partial charge in [0.05, 0.1) is 0 Å². The summed E-state index contributed by atoms with van der Waals surface area (Å²) in [6.45, 7) is 10.8. The lowest BCUT2D eigenvalue weighted by Crippen LogP contribution is -2.50. The Morgan fingerprint density at radius 2 is 2.06 bits per heavy atom. The molecule has 2 rings (SSSR count). The molecule has 2 fully saturated rings. The van der Waals surface area contributed by atoms with Gasteiger partial charge in [0.1, 0.15) is 0 Å². The quantitative estimate of drug-likeness (QED) is 0.772. The van der Waals surface area contributed by atoms with Crippen LogP contribution in [0.15, 0.2) is 0 Å². The van der Waals surface area contributed by atoms with Crippen LogP contribution in [0.5, 0.6) is 0 Å². The average molecular weight is 224 g/mol. The molecule has 3 unspecified atom stereocenters. The van der Waals surface area contributed by atoms with Crippen LogP contribution in [-0.2, 0) is 0 Å². The van der Waals surface area contributed by atoms with Crippen LogP contribution in [-0.4, -0.2) is 36.6 Å². The standard InChI is InChI=1S/C14H28N2/c1-4-12-7-8-16(10-12)14-6-5-13(14)9-15-11(2)3/h11-15H,4-10H2,1-3H3. The second-order valence-corrected chi connectivity index (χ2v) is 6.03. The Bertz CT molecular complexity index is 215. The van der Waals surface area contributed by atoms with Crippen LogP contribution in [0.2, 0.25) is 0 Å².